The maximum atomic E-state index is 14.3. The molecule has 1 saturated carbocycles. The zero-order chi connectivity index (χ0) is 71.1. The van der Waals surface area contributed by atoms with E-state index in [1.807, 2.05) is 0 Å². The average Bonchev–Trinajstić information content (AvgIpc) is 0.763. The zero-order valence-corrected chi connectivity index (χ0v) is 60.3. The van der Waals surface area contributed by atoms with Gasteiger partial charge in [-0.25, -0.2) is 4.57 Å². The lowest BCUT2D eigenvalue weighted by atomic mass is 9.84. The van der Waals surface area contributed by atoms with Crippen LogP contribution in [0.4, 0.5) is 0 Å². The molecule has 1 aliphatic carbocycles. The van der Waals surface area contributed by atoms with Crippen LogP contribution in [0.25, 0.3) is 0 Å². The summed E-state index contributed by atoms with van der Waals surface area (Å²) < 4.78 is 65.0. The molecule has 0 bridgehead atoms. The van der Waals surface area contributed by atoms with Crippen LogP contribution in [0.15, 0.2) is 12.2 Å². The Morgan fingerprint density at radius 3 is 1.12 bits per heavy atom. The highest BCUT2D eigenvalue weighted by Gasteiger charge is 2.58. The quantitative estimate of drug-likeness (QED) is 0.00886. The van der Waals surface area contributed by atoms with E-state index in [1.165, 1.54) is 141 Å². The van der Waals surface area contributed by atoms with Gasteiger partial charge in [-0.05, 0) is 44.9 Å². The first-order chi connectivity index (χ1) is 46.8. The molecule has 0 aromatic carbocycles. The molecule has 25 heteroatoms. The second kappa shape index (κ2) is 54.4. The van der Waals surface area contributed by atoms with Crippen molar-refractivity contribution in [3.8, 4) is 0 Å². The van der Waals surface area contributed by atoms with E-state index in [1.54, 1.807) is 0 Å². The summed E-state index contributed by atoms with van der Waals surface area (Å²) in [4.78, 5) is 50.9. The van der Waals surface area contributed by atoms with Gasteiger partial charge in [0.15, 0.2) is 18.7 Å². The van der Waals surface area contributed by atoms with Gasteiger partial charge in [-0.15, -0.1) is 0 Å². The number of carbonyl (C=O) groups is 3. The van der Waals surface area contributed by atoms with Crippen molar-refractivity contribution in [1.82, 2.24) is 0 Å². The number of ether oxygens (including phenoxy) is 7. The standard InChI is InChI=1S/C72H133O24P/c1-4-7-10-13-16-19-22-25-27-28-30-33-35-38-41-44-47-57(75)89-52-55-60(78)62(80)67(85)72(93-55)95-69-65(83)63(81)64(82)68(94-71-66(84)61(79)59(77)54(49-73)92-71)70(69)96-97(86,87)90-51-53(91-58(76)48-45-42-39-36-31-24-21-18-15-12-9-6-3)50-88-56(74)46-43-40-37-34-32-29-26-23-20-17-14-11-8-5-2/h29,32,53-55,59-73,77-85H,4-28,30-31,33-52H2,1-3H3,(H,86,87)/b32-29-. The molecule has 0 radical (unpaired) electrons. The number of hydrogen-bond donors (Lipinski definition) is 11. The molecular weight excluding hydrogens is 1280 g/mol. The summed E-state index contributed by atoms with van der Waals surface area (Å²) >= 11 is 0. The minimum absolute atomic E-state index is 0.0278. The van der Waals surface area contributed by atoms with Crippen LogP contribution < -0.4 is 0 Å². The van der Waals surface area contributed by atoms with Crippen LogP contribution in [0, 0.1) is 0 Å². The van der Waals surface area contributed by atoms with Crippen molar-refractivity contribution in [1.29, 1.82) is 0 Å². The first-order valence-electron chi connectivity index (χ1n) is 38.0. The number of hydrogen-bond acceptors (Lipinski definition) is 23. The minimum atomic E-state index is -5.69. The van der Waals surface area contributed by atoms with Gasteiger partial charge >= 0.3 is 25.7 Å². The Kier molecular flexibility index (Phi) is 49.8. The molecule has 3 fully saturated rings. The van der Waals surface area contributed by atoms with Gasteiger partial charge in [0.1, 0.15) is 98.7 Å². The number of aliphatic hydroxyl groups excluding tert-OH is 10. The van der Waals surface area contributed by atoms with E-state index in [-0.39, 0.29) is 19.3 Å². The van der Waals surface area contributed by atoms with Gasteiger partial charge in [-0.2, -0.15) is 0 Å². The lowest BCUT2D eigenvalue weighted by molar-refractivity contribution is -0.360. The monoisotopic (exact) mass is 1410 g/mol. The lowest BCUT2D eigenvalue weighted by Crippen LogP contribution is -2.69. The molecule has 0 aromatic rings. The summed E-state index contributed by atoms with van der Waals surface area (Å²) in [7, 11) is -5.69. The van der Waals surface area contributed by atoms with Crippen LogP contribution in [-0.2, 0) is 61.2 Å². The fraction of sp³-hybridized carbons (Fsp3) is 0.931. The van der Waals surface area contributed by atoms with E-state index >= 15 is 0 Å². The maximum absolute atomic E-state index is 14.3. The molecule has 3 aliphatic rings. The molecule has 0 spiro atoms. The third kappa shape index (κ3) is 37.6. The maximum Gasteiger partial charge on any atom is 0.472 e. The van der Waals surface area contributed by atoms with Crippen molar-refractivity contribution in [2.75, 3.05) is 26.4 Å². The molecule has 18 atom stereocenters. The third-order valence-electron chi connectivity index (χ3n) is 18.8. The van der Waals surface area contributed by atoms with Gasteiger partial charge in [0.25, 0.3) is 0 Å². The minimum Gasteiger partial charge on any atom is -0.463 e. The summed E-state index contributed by atoms with van der Waals surface area (Å²) in [6.07, 6.45) is 12.8. The number of carbonyl (C=O) groups excluding carboxylic acids is 3. The summed E-state index contributed by atoms with van der Waals surface area (Å²) in [5.41, 5.74) is 0. The largest absolute Gasteiger partial charge is 0.472 e. The summed E-state index contributed by atoms with van der Waals surface area (Å²) in [6, 6.07) is 0. The van der Waals surface area contributed by atoms with Gasteiger partial charge in [0.05, 0.1) is 13.2 Å². The number of allylic oxidation sites excluding steroid dienone is 2. The molecule has 2 heterocycles. The zero-order valence-electron chi connectivity index (χ0n) is 59.4. The van der Waals surface area contributed by atoms with Crippen LogP contribution in [0.2, 0.25) is 0 Å². The SMILES string of the molecule is CCCCCCCCC/C=C\CCCCCC(=O)OCC(COP(=O)(O)OC1C(OC2OC(CO)C(O)C(O)C2O)C(O)C(O)C(O)C1OC1OC(COC(=O)CCCCCCCCCCCCCCCCCC)C(O)C(O)C1O)OC(=O)CCCCCCCCCCCCCC. The molecule has 18 unspecified atom stereocenters. The van der Waals surface area contributed by atoms with Gasteiger partial charge in [0, 0.05) is 19.3 Å². The smallest absolute Gasteiger partial charge is 0.463 e. The summed E-state index contributed by atoms with van der Waals surface area (Å²) in [5.74, 6) is -2.00. The topological polar surface area (TPSA) is 374 Å². The Balaban J connectivity index is 1.72. The van der Waals surface area contributed by atoms with Crippen molar-refractivity contribution in [3.63, 3.8) is 0 Å². The van der Waals surface area contributed by atoms with Crippen molar-refractivity contribution in [2.45, 2.75) is 401 Å². The number of rotatable bonds is 59. The number of esters is 3. The van der Waals surface area contributed by atoms with Gasteiger partial charge in [-0.1, -0.05) is 245 Å². The third-order valence-corrected chi connectivity index (χ3v) is 19.8. The van der Waals surface area contributed by atoms with E-state index in [0.717, 1.165) is 96.3 Å². The second-order valence-electron chi connectivity index (χ2n) is 27.4. The van der Waals surface area contributed by atoms with Crippen LogP contribution in [0.5, 0.6) is 0 Å². The van der Waals surface area contributed by atoms with Crippen molar-refractivity contribution in [2.24, 2.45) is 0 Å². The predicted molar refractivity (Wildman–Crippen MR) is 365 cm³/mol. The Morgan fingerprint density at radius 2 is 0.722 bits per heavy atom. The normalized spacial score (nSPS) is 27.8. The van der Waals surface area contributed by atoms with Gasteiger partial charge in [0.2, 0.25) is 0 Å². The number of unbranched alkanes of at least 4 members (excludes halogenated alkanes) is 36. The molecule has 3 rings (SSSR count). The fourth-order valence-corrected chi connectivity index (χ4v) is 13.5. The van der Waals surface area contributed by atoms with Crippen LogP contribution >= 0.6 is 7.82 Å². The van der Waals surface area contributed by atoms with Gasteiger partial charge < -0.3 is 89.1 Å². The highest BCUT2D eigenvalue weighted by molar-refractivity contribution is 7.47. The van der Waals surface area contributed by atoms with Crippen molar-refractivity contribution in [3.05, 3.63) is 12.2 Å². The van der Waals surface area contributed by atoms with Crippen LogP contribution in [-0.4, -0.2) is 204 Å². The number of phosphoric ester groups is 1. The molecule has 0 amide bonds. The molecule has 97 heavy (non-hydrogen) atoms. The van der Waals surface area contributed by atoms with Crippen molar-refractivity contribution < 1.29 is 117 Å². The second-order valence-corrected chi connectivity index (χ2v) is 28.8. The number of aliphatic hydroxyl groups is 10. The lowest BCUT2D eigenvalue weighted by Gasteiger charge is -2.49. The van der Waals surface area contributed by atoms with Gasteiger partial charge in [-0.3, -0.25) is 23.4 Å². The van der Waals surface area contributed by atoms with E-state index in [4.69, 9.17) is 42.2 Å². The van der Waals surface area contributed by atoms with E-state index in [2.05, 4.69) is 32.9 Å². The summed E-state index contributed by atoms with van der Waals surface area (Å²) in [5, 5.41) is 110. The molecule has 24 nitrogen and oxygen atoms in total. The van der Waals surface area contributed by atoms with Crippen LogP contribution in [0.3, 0.4) is 0 Å². The molecule has 570 valence electrons. The molecular formula is C72H133O24P. The first kappa shape index (κ1) is 88.9. The fourth-order valence-electron chi connectivity index (χ4n) is 12.6. The van der Waals surface area contributed by atoms with E-state index in [0.29, 0.717) is 19.3 Å². The Hall–Kier alpha value is -2.30. The highest BCUT2D eigenvalue weighted by Crippen LogP contribution is 2.49. The Bertz CT molecular complexity index is 2060. The Labute approximate surface area is 580 Å². The molecule has 2 saturated heterocycles. The molecule has 2 aliphatic heterocycles. The summed E-state index contributed by atoms with van der Waals surface area (Å²) in [6.45, 7) is 3.43. The Morgan fingerprint density at radius 1 is 0.392 bits per heavy atom. The van der Waals surface area contributed by atoms with E-state index < -0.39 is 156 Å². The molecule has 0 aromatic heterocycles. The van der Waals surface area contributed by atoms with E-state index in [9.17, 15) is 74.9 Å². The van der Waals surface area contributed by atoms with Crippen molar-refractivity contribution >= 4 is 25.7 Å². The first-order valence-corrected chi connectivity index (χ1v) is 39.5. The molecule has 11 N–H and O–H groups in total. The number of phosphoric acid groups is 1. The highest BCUT2D eigenvalue weighted by atomic mass is 31.2. The average molecular weight is 1410 g/mol. The predicted octanol–water partition coefficient (Wildman–Crippen LogP) is 10.4. The van der Waals surface area contributed by atoms with Crippen LogP contribution in [0.1, 0.15) is 297 Å².